The number of anilines is 1. The molecule has 1 N–H and O–H groups in total. The minimum atomic E-state index is -0.306. The van der Waals surface area contributed by atoms with Gasteiger partial charge >= 0.3 is 0 Å². The van der Waals surface area contributed by atoms with E-state index in [1.807, 2.05) is 19.3 Å². The van der Waals surface area contributed by atoms with E-state index in [0.29, 0.717) is 12.2 Å². The molecular formula is C11H14ClN5O. The van der Waals surface area contributed by atoms with Crippen LogP contribution in [-0.4, -0.2) is 26.1 Å². The summed E-state index contributed by atoms with van der Waals surface area (Å²) in [5.74, 6) is 0. The summed E-state index contributed by atoms with van der Waals surface area (Å²) in [6, 6.07) is 1.95. The molecule has 2 aromatic heterocycles. The molecule has 0 aliphatic carbocycles. The van der Waals surface area contributed by atoms with Gasteiger partial charge < -0.3 is 5.32 Å². The molecule has 0 aliphatic heterocycles. The first-order valence-electron chi connectivity index (χ1n) is 5.52. The molecule has 0 saturated heterocycles. The van der Waals surface area contributed by atoms with Crippen LogP contribution < -0.4 is 10.9 Å². The molecule has 96 valence electrons. The van der Waals surface area contributed by atoms with Crippen LogP contribution >= 0.6 is 11.6 Å². The van der Waals surface area contributed by atoms with Gasteiger partial charge in [-0.3, -0.25) is 9.48 Å². The van der Waals surface area contributed by atoms with Crippen molar-refractivity contribution in [1.82, 2.24) is 19.6 Å². The van der Waals surface area contributed by atoms with E-state index >= 15 is 0 Å². The van der Waals surface area contributed by atoms with Crippen molar-refractivity contribution < 1.29 is 0 Å². The van der Waals surface area contributed by atoms with Gasteiger partial charge in [0.15, 0.2) is 0 Å². The van der Waals surface area contributed by atoms with E-state index in [0.717, 1.165) is 12.1 Å². The second-order valence-electron chi connectivity index (χ2n) is 3.96. The molecule has 7 heteroatoms. The molecule has 0 aromatic carbocycles. The molecule has 0 aliphatic rings. The van der Waals surface area contributed by atoms with Crippen molar-refractivity contribution in [3.05, 3.63) is 39.5 Å². The number of aromatic nitrogens is 4. The van der Waals surface area contributed by atoms with Gasteiger partial charge in [-0.2, -0.15) is 10.2 Å². The Morgan fingerprint density at radius 2 is 2.22 bits per heavy atom. The second kappa shape index (κ2) is 5.22. The summed E-state index contributed by atoms with van der Waals surface area (Å²) in [5, 5.41) is 11.4. The average molecular weight is 268 g/mol. The molecule has 0 radical (unpaired) electrons. The highest BCUT2D eigenvalue weighted by atomic mass is 35.5. The van der Waals surface area contributed by atoms with Gasteiger partial charge in [-0.15, -0.1) is 0 Å². The molecule has 6 nitrogen and oxygen atoms in total. The third kappa shape index (κ3) is 2.70. The number of nitrogens with zero attached hydrogens (tertiary/aromatic N) is 4. The Labute approximate surface area is 109 Å². The van der Waals surface area contributed by atoms with Crippen LogP contribution in [0.25, 0.3) is 0 Å². The zero-order valence-electron chi connectivity index (χ0n) is 10.2. The first-order chi connectivity index (χ1) is 8.58. The molecule has 0 unspecified atom stereocenters. The first kappa shape index (κ1) is 12.6. The Balaban J connectivity index is 1.99. The van der Waals surface area contributed by atoms with Crippen LogP contribution in [0.5, 0.6) is 0 Å². The second-order valence-corrected chi connectivity index (χ2v) is 4.34. The lowest BCUT2D eigenvalue weighted by molar-refractivity contribution is 0.707. The highest BCUT2D eigenvalue weighted by Crippen LogP contribution is 2.14. The number of aryl methyl sites for hydroxylation is 2. The van der Waals surface area contributed by atoms with Crippen LogP contribution in [0.2, 0.25) is 5.02 Å². The van der Waals surface area contributed by atoms with Crippen LogP contribution in [0.3, 0.4) is 0 Å². The van der Waals surface area contributed by atoms with Gasteiger partial charge in [-0.25, -0.2) is 4.68 Å². The predicted molar refractivity (Wildman–Crippen MR) is 69.9 cm³/mol. The zero-order chi connectivity index (χ0) is 13.1. The summed E-state index contributed by atoms with van der Waals surface area (Å²) in [6.07, 6.45) is 4.19. The Bertz CT molecular complexity index is 604. The third-order valence-electron chi connectivity index (χ3n) is 2.54. The van der Waals surface area contributed by atoms with Crippen LogP contribution in [0.1, 0.15) is 5.69 Å². The SMILES string of the molecule is Cn1ccc(CCNc2cnn(C)c(=O)c2Cl)n1. The molecule has 0 spiro atoms. The standard InChI is InChI=1S/C11H14ClN5O/c1-16-6-4-8(15-16)3-5-13-9-7-14-17(2)11(18)10(9)12/h4,6-7,13H,3,5H2,1-2H3. The topological polar surface area (TPSA) is 64.7 Å². The van der Waals surface area contributed by atoms with Crippen LogP contribution in [0, 0.1) is 0 Å². The minimum absolute atomic E-state index is 0.161. The minimum Gasteiger partial charge on any atom is -0.382 e. The molecular weight excluding hydrogens is 254 g/mol. The maximum absolute atomic E-state index is 11.5. The predicted octanol–water partition coefficient (Wildman–Crippen LogP) is 0.822. The van der Waals surface area contributed by atoms with Gasteiger partial charge in [0, 0.05) is 33.3 Å². The number of halogens is 1. The van der Waals surface area contributed by atoms with E-state index in [1.54, 1.807) is 17.9 Å². The van der Waals surface area contributed by atoms with E-state index < -0.39 is 0 Å². The highest BCUT2D eigenvalue weighted by molar-refractivity contribution is 6.32. The lowest BCUT2D eigenvalue weighted by Gasteiger charge is -2.07. The lowest BCUT2D eigenvalue weighted by Crippen LogP contribution is -2.21. The van der Waals surface area contributed by atoms with Crippen molar-refractivity contribution in [3.63, 3.8) is 0 Å². The zero-order valence-corrected chi connectivity index (χ0v) is 11.0. The van der Waals surface area contributed by atoms with Gasteiger partial charge in [0.1, 0.15) is 5.02 Å². The summed E-state index contributed by atoms with van der Waals surface area (Å²) < 4.78 is 2.95. The summed E-state index contributed by atoms with van der Waals surface area (Å²) in [5.41, 5.74) is 1.23. The van der Waals surface area contributed by atoms with Crippen LogP contribution in [-0.2, 0) is 20.5 Å². The molecule has 0 atom stereocenters. The summed E-state index contributed by atoms with van der Waals surface area (Å²) in [7, 11) is 3.44. The monoisotopic (exact) mass is 267 g/mol. The van der Waals surface area contributed by atoms with Gasteiger partial charge in [-0.1, -0.05) is 11.6 Å². The number of hydrogen-bond acceptors (Lipinski definition) is 4. The van der Waals surface area contributed by atoms with E-state index in [-0.39, 0.29) is 10.6 Å². The summed E-state index contributed by atoms with van der Waals surface area (Å²) >= 11 is 5.93. The van der Waals surface area contributed by atoms with Crippen molar-refractivity contribution in [2.45, 2.75) is 6.42 Å². The van der Waals surface area contributed by atoms with E-state index in [1.165, 1.54) is 4.68 Å². The van der Waals surface area contributed by atoms with Crippen molar-refractivity contribution >= 4 is 17.3 Å². The van der Waals surface area contributed by atoms with Crippen molar-refractivity contribution in [1.29, 1.82) is 0 Å². The Morgan fingerprint density at radius 3 is 2.89 bits per heavy atom. The van der Waals surface area contributed by atoms with Gasteiger partial charge in [0.05, 0.1) is 17.6 Å². The van der Waals surface area contributed by atoms with Gasteiger partial charge in [0.25, 0.3) is 5.56 Å². The molecule has 0 fully saturated rings. The normalized spacial score (nSPS) is 10.6. The van der Waals surface area contributed by atoms with Crippen molar-refractivity contribution in [3.8, 4) is 0 Å². The third-order valence-corrected chi connectivity index (χ3v) is 2.91. The van der Waals surface area contributed by atoms with E-state index in [4.69, 9.17) is 11.6 Å². The lowest BCUT2D eigenvalue weighted by atomic mass is 10.3. The van der Waals surface area contributed by atoms with Crippen LogP contribution in [0.15, 0.2) is 23.3 Å². The summed E-state index contributed by atoms with van der Waals surface area (Å²) in [6.45, 7) is 0.644. The van der Waals surface area contributed by atoms with Crippen molar-refractivity contribution in [2.75, 3.05) is 11.9 Å². The quantitative estimate of drug-likeness (QED) is 0.891. The molecule has 0 amide bonds. The van der Waals surface area contributed by atoms with Crippen molar-refractivity contribution in [2.24, 2.45) is 14.1 Å². The molecule has 2 heterocycles. The Morgan fingerprint density at radius 1 is 1.44 bits per heavy atom. The fraction of sp³-hybridized carbons (Fsp3) is 0.364. The molecule has 0 bridgehead atoms. The van der Waals surface area contributed by atoms with E-state index in [2.05, 4.69) is 15.5 Å². The fourth-order valence-electron chi connectivity index (χ4n) is 1.56. The Kier molecular flexibility index (Phi) is 3.66. The molecule has 2 aromatic rings. The van der Waals surface area contributed by atoms with E-state index in [9.17, 15) is 4.79 Å². The molecule has 18 heavy (non-hydrogen) atoms. The first-order valence-corrected chi connectivity index (χ1v) is 5.90. The van der Waals surface area contributed by atoms with Gasteiger partial charge in [0.2, 0.25) is 0 Å². The Hall–Kier alpha value is -1.82. The van der Waals surface area contributed by atoms with Gasteiger partial charge in [-0.05, 0) is 6.07 Å². The fourth-order valence-corrected chi connectivity index (χ4v) is 1.79. The average Bonchev–Trinajstić information content (AvgIpc) is 2.75. The maximum atomic E-state index is 11.5. The number of hydrogen-bond donors (Lipinski definition) is 1. The largest absolute Gasteiger partial charge is 0.382 e. The molecule has 2 rings (SSSR count). The van der Waals surface area contributed by atoms with Crippen LogP contribution in [0.4, 0.5) is 5.69 Å². The number of nitrogens with one attached hydrogen (secondary N) is 1. The maximum Gasteiger partial charge on any atom is 0.287 e. The highest BCUT2D eigenvalue weighted by Gasteiger charge is 2.06. The molecule has 0 saturated carbocycles. The smallest absolute Gasteiger partial charge is 0.287 e. The number of rotatable bonds is 4. The summed E-state index contributed by atoms with van der Waals surface area (Å²) in [4.78, 5) is 11.5.